The number of carbonyl (C=O) groups excluding carboxylic acids is 1. The molecule has 0 radical (unpaired) electrons. The van der Waals surface area contributed by atoms with E-state index in [4.69, 9.17) is 15.6 Å². The monoisotopic (exact) mass is 425 g/mol. The van der Waals surface area contributed by atoms with Crippen molar-refractivity contribution in [1.82, 2.24) is 20.3 Å². The Balaban J connectivity index is 1.65. The third kappa shape index (κ3) is 4.23. The summed E-state index contributed by atoms with van der Waals surface area (Å²) in [5.74, 6) is 1.05. The van der Waals surface area contributed by atoms with Gasteiger partial charge in [-0.25, -0.2) is 4.98 Å². The Morgan fingerprint density at radius 2 is 2.10 bits per heavy atom. The van der Waals surface area contributed by atoms with Crippen molar-refractivity contribution in [3.05, 3.63) is 41.0 Å². The fraction of sp³-hybridized carbons (Fsp3) is 0.333. The van der Waals surface area contributed by atoms with E-state index >= 15 is 0 Å². The van der Waals surface area contributed by atoms with Gasteiger partial charge in [-0.1, -0.05) is 36.0 Å². The molecule has 2 aromatic carbocycles. The van der Waals surface area contributed by atoms with E-state index < -0.39 is 0 Å². The summed E-state index contributed by atoms with van der Waals surface area (Å²) in [5.41, 5.74) is 10.3. The first-order valence-corrected chi connectivity index (χ1v) is 10.7. The lowest BCUT2D eigenvalue weighted by Crippen LogP contribution is -2.26. The normalized spacial score (nSPS) is 12.9. The van der Waals surface area contributed by atoms with Crippen molar-refractivity contribution in [2.75, 3.05) is 24.6 Å². The number of nitrogens with zero attached hydrogens (tertiary/aromatic N) is 3. The second-order valence-corrected chi connectivity index (χ2v) is 8.09. The third-order valence-corrected chi connectivity index (χ3v) is 5.74. The number of amides is 1. The van der Waals surface area contributed by atoms with Crippen molar-refractivity contribution in [1.29, 1.82) is 0 Å². The first-order valence-electron chi connectivity index (χ1n) is 9.71. The first kappa shape index (κ1) is 20.5. The maximum absolute atomic E-state index is 11.7. The topological polar surface area (TPSA) is 123 Å². The summed E-state index contributed by atoms with van der Waals surface area (Å²) in [6.45, 7) is 3.39. The smallest absolute Gasteiger partial charge is 0.224 e. The largest absolute Gasteiger partial charge is 0.395 e. The molecule has 9 heteroatoms. The number of benzene rings is 2. The van der Waals surface area contributed by atoms with Crippen LogP contribution in [0.2, 0.25) is 0 Å². The first-order chi connectivity index (χ1) is 14.6. The molecule has 156 valence electrons. The minimum absolute atomic E-state index is 0.0772. The fourth-order valence-corrected chi connectivity index (χ4v) is 4.45. The molecule has 4 N–H and O–H groups in total. The van der Waals surface area contributed by atoms with Crippen molar-refractivity contribution in [2.24, 2.45) is 0 Å². The van der Waals surface area contributed by atoms with E-state index in [2.05, 4.69) is 38.5 Å². The maximum atomic E-state index is 11.7. The average molecular weight is 426 g/mol. The number of hydrogen-bond acceptors (Lipinski definition) is 8. The zero-order valence-corrected chi connectivity index (χ0v) is 17.5. The Kier molecular flexibility index (Phi) is 6.12. The van der Waals surface area contributed by atoms with Crippen molar-refractivity contribution < 1.29 is 14.6 Å². The molecule has 1 amide bonds. The molecule has 3 aromatic rings. The van der Waals surface area contributed by atoms with Crippen LogP contribution in [-0.4, -0.2) is 44.9 Å². The quantitative estimate of drug-likeness (QED) is 0.492. The lowest BCUT2D eigenvalue weighted by molar-refractivity contribution is -0.120. The van der Waals surface area contributed by atoms with Crippen LogP contribution in [0.25, 0.3) is 22.2 Å². The number of nitrogens with one attached hydrogen (secondary N) is 1. The van der Waals surface area contributed by atoms with E-state index in [0.29, 0.717) is 36.4 Å². The predicted molar refractivity (Wildman–Crippen MR) is 116 cm³/mol. The van der Waals surface area contributed by atoms with Crippen LogP contribution in [0.1, 0.15) is 23.1 Å². The molecule has 0 bridgehead atoms. The number of aryl methyl sites for hydroxylation is 1. The van der Waals surface area contributed by atoms with Crippen molar-refractivity contribution in [3.8, 4) is 11.4 Å². The van der Waals surface area contributed by atoms with Crippen LogP contribution >= 0.6 is 11.8 Å². The second kappa shape index (κ2) is 8.95. The summed E-state index contributed by atoms with van der Waals surface area (Å²) >= 11 is 1.35. The molecule has 0 unspecified atom stereocenters. The van der Waals surface area contributed by atoms with Crippen LogP contribution in [0.4, 0.5) is 5.95 Å². The Bertz CT molecular complexity index is 1110. The number of hydrogen-bond donors (Lipinski definition) is 3. The van der Waals surface area contributed by atoms with E-state index in [1.54, 1.807) is 0 Å². The highest BCUT2D eigenvalue weighted by atomic mass is 32.2. The summed E-state index contributed by atoms with van der Waals surface area (Å²) < 4.78 is 5.70. The molecule has 0 saturated carbocycles. The number of anilines is 1. The van der Waals surface area contributed by atoms with E-state index in [9.17, 15) is 4.79 Å². The molecule has 1 aromatic heterocycles. The molecule has 2 heterocycles. The summed E-state index contributed by atoms with van der Waals surface area (Å²) in [6, 6.07) is 8.30. The van der Waals surface area contributed by atoms with Gasteiger partial charge in [0.25, 0.3) is 0 Å². The number of aliphatic hydroxyl groups is 1. The molecule has 0 spiro atoms. The van der Waals surface area contributed by atoms with Gasteiger partial charge in [-0.2, -0.15) is 9.97 Å². The van der Waals surface area contributed by atoms with Crippen LogP contribution in [0, 0.1) is 6.92 Å². The molecule has 0 fully saturated rings. The molecule has 1 aliphatic heterocycles. The van der Waals surface area contributed by atoms with Gasteiger partial charge in [0.1, 0.15) is 0 Å². The van der Waals surface area contributed by atoms with E-state index in [-0.39, 0.29) is 25.0 Å². The number of thioether (sulfide) groups is 1. The van der Waals surface area contributed by atoms with Crippen LogP contribution < -0.4 is 11.1 Å². The Labute approximate surface area is 178 Å². The lowest BCUT2D eigenvalue weighted by Gasteiger charge is -2.21. The summed E-state index contributed by atoms with van der Waals surface area (Å²) in [5, 5.41) is 14.2. The Hall–Kier alpha value is -2.75. The minimum Gasteiger partial charge on any atom is -0.395 e. The van der Waals surface area contributed by atoms with Gasteiger partial charge >= 0.3 is 0 Å². The second-order valence-electron chi connectivity index (χ2n) is 7.03. The number of rotatable bonds is 7. The highest BCUT2D eigenvalue weighted by Gasteiger charge is 2.20. The summed E-state index contributed by atoms with van der Waals surface area (Å²) in [6.07, 6.45) is 0.297. The molecule has 4 rings (SSSR count). The Morgan fingerprint density at radius 3 is 2.93 bits per heavy atom. The molecular formula is C21H23N5O3S. The van der Waals surface area contributed by atoms with Gasteiger partial charge in [-0.15, -0.1) is 0 Å². The molecule has 8 nitrogen and oxygen atoms in total. The zero-order chi connectivity index (χ0) is 21.1. The lowest BCUT2D eigenvalue weighted by atomic mass is 9.91. The van der Waals surface area contributed by atoms with Gasteiger partial charge < -0.3 is 20.9 Å². The number of aliphatic hydroxyl groups excluding tert-OH is 1. The number of ether oxygens (including phenoxy) is 1. The number of carbonyl (C=O) groups is 1. The van der Waals surface area contributed by atoms with E-state index in [1.165, 1.54) is 22.7 Å². The highest BCUT2D eigenvalue weighted by molar-refractivity contribution is 7.99. The number of nitrogen functional groups attached to an aromatic ring is 1. The summed E-state index contributed by atoms with van der Waals surface area (Å²) in [7, 11) is 0. The SMILES string of the molecule is Cc1cc2c3c(cccc3c1-c1nc(N)nc(SCCC(=O)NCCO)n1)COC2. The fourth-order valence-electron chi connectivity index (χ4n) is 3.67. The number of aromatic nitrogens is 3. The van der Waals surface area contributed by atoms with Crippen molar-refractivity contribution in [3.63, 3.8) is 0 Å². The number of nitrogens with two attached hydrogens (primary N) is 1. The van der Waals surface area contributed by atoms with Gasteiger partial charge in [0.2, 0.25) is 11.9 Å². The van der Waals surface area contributed by atoms with Crippen LogP contribution in [0.5, 0.6) is 0 Å². The molecule has 0 saturated heterocycles. The predicted octanol–water partition coefficient (Wildman–Crippen LogP) is 2.20. The zero-order valence-electron chi connectivity index (χ0n) is 16.6. The van der Waals surface area contributed by atoms with Crippen LogP contribution in [0.3, 0.4) is 0 Å². The third-order valence-electron chi connectivity index (χ3n) is 4.89. The van der Waals surface area contributed by atoms with Gasteiger partial charge in [-0.3, -0.25) is 4.79 Å². The molecule has 0 atom stereocenters. The molecule has 1 aliphatic rings. The minimum atomic E-state index is -0.125. The average Bonchev–Trinajstić information content (AvgIpc) is 2.72. The van der Waals surface area contributed by atoms with Crippen molar-refractivity contribution >= 4 is 34.4 Å². The van der Waals surface area contributed by atoms with Crippen LogP contribution in [0.15, 0.2) is 29.4 Å². The highest BCUT2D eigenvalue weighted by Crippen LogP contribution is 2.37. The van der Waals surface area contributed by atoms with Gasteiger partial charge in [0.15, 0.2) is 11.0 Å². The summed E-state index contributed by atoms with van der Waals surface area (Å²) in [4.78, 5) is 25.0. The van der Waals surface area contributed by atoms with Gasteiger partial charge in [0, 0.05) is 24.3 Å². The Morgan fingerprint density at radius 1 is 1.27 bits per heavy atom. The van der Waals surface area contributed by atoms with Crippen LogP contribution in [-0.2, 0) is 22.7 Å². The molecule has 0 aliphatic carbocycles. The van der Waals surface area contributed by atoms with E-state index in [1.807, 2.05) is 13.0 Å². The van der Waals surface area contributed by atoms with Gasteiger partial charge in [0.05, 0.1) is 19.8 Å². The van der Waals surface area contributed by atoms with Gasteiger partial charge in [-0.05, 0) is 34.4 Å². The molecule has 30 heavy (non-hydrogen) atoms. The standard InChI is InChI=1S/C21H23N5O3S/c1-12-9-14-11-29-10-13-3-2-4-15(18(13)14)17(12)19-24-20(22)26-21(25-19)30-8-5-16(28)23-6-7-27/h2-4,9,27H,5-8,10-11H2,1H3,(H,23,28)(H2,22,24,25,26). The van der Waals surface area contributed by atoms with Crippen molar-refractivity contribution in [2.45, 2.75) is 31.7 Å². The van der Waals surface area contributed by atoms with E-state index in [0.717, 1.165) is 22.1 Å². The maximum Gasteiger partial charge on any atom is 0.224 e. The molecular weight excluding hydrogens is 402 g/mol.